The number of aryl methyl sites for hydroxylation is 2. The van der Waals surface area contributed by atoms with Gasteiger partial charge in [-0.15, -0.1) is 0 Å². The molecule has 0 aliphatic heterocycles. The van der Waals surface area contributed by atoms with Crippen molar-refractivity contribution in [3.63, 3.8) is 0 Å². The third-order valence-electron chi connectivity index (χ3n) is 2.47. The highest BCUT2D eigenvalue weighted by Crippen LogP contribution is 2.21. The second-order valence-corrected chi connectivity index (χ2v) is 5.66. The van der Waals surface area contributed by atoms with Crippen molar-refractivity contribution in [1.29, 1.82) is 0 Å². The van der Waals surface area contributed by atoms with E-state index in [1.54, 1.807) is 28.6 Å². The lowest BCUT2D eigenvalue weighted by atomic mass is 10.4. The molecule has 12 heteroatoms. The van der Waals surface area contributed by atoms with Crippen molar-refractivity contribution in [1.82, 2.24) is 9.29 Å². The van der Waals surface area contributed by atoms with E-state index in [-0.39, 0.29) is 31.9 Å². The second kappa shape index (κ2) is 7.61. The molecule has 1 rings (SSSR count). The minimum absolute atomic E-state index is 0. The summed E-state index contributed by atoms with van der Waals surface area (Å²) in [6, 6.07) is 0. The molecule has 0 aliphatic rings. The van der Waals surface area contributed by atoms with Gasteiger partial charge in [-0.25, -0.2) is 22.3 Å². The average Bonchev–Trinajstić information content (AvgIpc) is 2.66. The quantitative estimate of drug-likeness (QED) is 0.188. The molecule has 0 aliphatic carbocycles. The number of halogens is 4. The number of oxime groups is 1. The smallest absolute Gasteiger partial charge is 0.511 e. The Balaban J connectivity index is 0.00000400. The van der Waals surface area contributed by atoms with Crippen LogP contribution in [0, 0.1) is 0 Å². The summed E-state index contributed by atoms with van der Waals surface area (Å²) < 4.78 is 62.3. The van der Waals surface area contributed by atoms with Gasteiger partial charge >= 0.3 is 21.4 Å². The fourth-order valence-electron chi connectivity index (χ4n) is 1.48. The Morgan fingerprint density at radius 1 is 1.52 bits per heavy atom. The summed E-state index contributed by atoms with van der Waals surface area (Å²) >= 11 is 0. The zero-order valence-corrected chi connectivity index (χ0v) is 12.5. The minimum atomic E-state index is -5.30. The van der Waals surface area contributed by atoms with Crippen LogP contribution in [0.3, 0.4) is 0 Å². The molecule has 122 valence electrons. The van der Waals surface area contributed by atoms with E-state index >= 15 is 0 Å². The summed E-state index contributed by atoms with van der Waals surface area (Å²) in [6.45, 7) is -0.0813. The van der Waals surface area contributed by atoms with Gasteiger partial charge in [0.15, 0.2) is 6.21 Å². The summed E-state index contributed by atoms with van der Waals surface area (Å²) in [6.07, 6.45) is 4.61. The normalized spacial score (nSPS) is 12.6. The van der Waals surface area contributed by atoms with Crippen LogP contribution in [-0.2, 0) is 23.6 Å². The molecule has 1 heterocycles. The Kier molecular flexibility index (Phi) is 7.13. The molecule has 1 aromatic heterocycles. The predicted molar refractivity (Wildman–Crippen MR) is 62.6 cm³/mol. The number of alkyl halides is 3. The number of hydrogen-bond donors (Lipinski definition) is 2. The van der Waals surface area contributed by atoms with E-state index < -0.39 is 15.5 Å². The first-order valence-corrected chi connectivity index (χ1v) is 6.95. The molecule has 0 saturated heterocycles. The molecular weight excluding hydrogens is 337 g/mol. The number of nitrogens with one attached hydrogen (secondary N) is 1. The lowest BCUT2D eigenvalue weighted by Gasteiger charge is -2.08. The second-order valence-electron chi connectivity index (χ2n) is 3.90. The topological polar surface area (TPSA) is 87.6 Å². The van der Waals surface area contributed by atoms with E-state index in [0.29, 0.717) is 5.82 Å². The zero-order valence-electron chi connectivity index (χ0n) is 10.9. The fraction of sp³-hybridized carbons (Fsp3) is 0.556. The standard InChI is InChI=1S/C9H13F3N4O3S.ClH/c1-15-5-6-16(8(15)7-13-17)4-2-3-14-20(18,19)9(10,11)12;/h5-7,14H,2-4H2,1H3;1H. The third-order valence-corrected chi connectivity index (χ3v) is 3.67. The Labute approximate surface area is 125 Å². The summed E-state index contributed by atoms with van der Waals surface area (Å²) in [5, 5.41) is 11.4. The van der Waals surface area contributed by atoms with Crippen molar-refractivity contribution in [3.05, 3.63) is 18.2 Å². The maximum atomic E-state index is 12.0. The number of aromatic nitrogens is 2. The van der Waals surface area contributed by atoms with Crippen molar-refractivity contribution >= 4 is 16.2 Å². The first-order chi connectivity index (χ1) is 9.19. The zero-order chi connectivity index (χ0) is 15.4. The van der Waals surface area contributed by atoms with E-state index in [2.05, 4.69) is 5.16 Å². The van der Waals surface area contributed by atoms with Crippen LogP contribution in [0.5, 0.6) is 0 Å². The van der Waals surface area contributed by atoms with Gasteiger partial charge in [0, 0.05) is 6.54 Å². The van der Waals surface area contributed by atoms with E-state index in [1.807, 2.05) is 0 Å². The molecule has 21 heavy (non-hydrogen) atoms. The van der Waals surface area contributed by atoms with Gasteiger partial charge in [-0.1, -0.05) is 5.16 Å². The third kappa shape index (κ3) is 5.17. The molecule has 0 fully saturated rings. The van der Waals surface area contributed by atoms with Gasteiger partial charge in [0.2, 0.25) is 0 Å². The van der Waals surface area contributed by atoms with Crippen LogP contribution in [0.15, 0.2) is 17.5 Å². The monoisotopic (exact) mass is 350 g/mol. The fourth-order valence-corrected chi connectivity index (χ4v) is 2.06. The molecular formula is C9H14ClF3N4O3S. The highest BCUT2D eigenvalue weighted by Gasteiger charge is 2.45. The minimum Gasteiger partial charge on any atom is -1.00 e. The van der Waals surface area contributed by atoms with Crippen LogP contribution in [0.2, 0.25) is 0 Å². The van der Waals surface area contributed by atoms with Crippen molar-refractivity contribution in [2.24, 2.45) is 12.2 Å². The summed E-state index contributed by atoms with van der Waals surface area (Å²) in [4.78, 5) is 0. The van der Waals surface area contributed by atoms with Crippen molar-refractivity contribution in [2.45, 2.75) is 18.5 Å². The number of rotatable bonds is 6. The van der Waals surface area contributed by atoms with E-state index in [1.165, 1.54) is 10.9 Å². The van der Waals surface area contributed by atoms with E-state index in [9.17, 15) is 21.6 Å². The molecule has 7 nitrogen and oxygen atoms in total. The Bertz CT molecular complexity index is 586. The van der Waals surface area contributed by atoms with Crippen LogP contribution in [0.4, 0.5) is 13.2 Å². The first kappa shape index (κ1) is 19.7. The van der Waals surface area contributed by atoms with Gasteiger partial charge in [0.05, 0.1) is 13.6 Å². The van der Waals surface area contributed by atoms with E-state index in [0.717, 1.165) is 0 Å². The maximum absolute atomic E-state index is 12.0. The lowest BCUT2D eigenvalue weighted by molar-refractivity contribution is -0.671. The van der Waals surface area contributed by atoms with Gasteiger partial charge in [-0.3, -0.25) is 0 Å². The van der Waals surface area contributed by atoms with Crippen LogP contribution in [0.1, 0.15) is 12.2 Å². The predicted octanol–water partition coefficient (Wildman–Crippen LogP) is -3.05. The highest BCUT2D eigenvalue weighted by atomic mass is 35.5. The number of imidazole rings is 1. The average molecular weight is 351 g/mol. The molecule has 2 N–H and O–H groups in total. The van der Waals surface area contributed by atoms with Crippen LogP contribution < -0.4 is 21.7 Å². The maximum Gasteiger partial charge on any atom is 0.511 e. The van der Waals surface area contributed by atoms with Crippen LogP contribution in [-0.4, -0.2) is 36.5 Å². The molecule has 0 bridgehead atoms. The lowest BCUT2D eigenvalue weighted by Crippen LogP contribution is -3.00. The molecule has 0 spiro atoms. The van der Waals surface area contributed by atoms with Crippen LogP contribution in [0.25, 0.3) is 0 Å². The molecule has 0 aromatic carbocycles. The number of hydrogen-bond acceptors (Lipinski definition) is 4. The largest absolute Gasteiger partial charge is 1.00 e. The van der Waals surface area contributed by atoms with Crippen molar-refractivity contribution in [3.8, 4) is 0 Å². The molecule has 0 saturated carbocycles. The molecule has 1 aromatic rings. The Morgan fingerprint density at radius 2 is 2.14 bits per heavy atom. The Morgan fingerprint density at radius 3 is 2.67 bits per heavy atom. The number of sulfonamides is 1. The van der Waals surface area contributed by atoms with Crippen molar-refractivity contribution in [2.75, 3.05) is 6.54 Å². The van der Waals surface area contributed by atoms with Crippen LogP contribution >= 0.6 is 0 Å². The van der Waals surface area contributed by atoms with Gasteiger partial charge in [0.1, 0.15) is 12.4 Å². The van der Waals surface area contributed by atoms with Gasteiger partial charge in [-0.05, 0) is 6.42 Å². The number of nitrogens with zero attached hydrogens (tertiary/aromatic N) is 3. The van der Waals surface area contributed by atoms with E-state index in [4.69, 9.17) is 5.21 Å². The molecule has 0 amide bonds. The highest BCUT2D eigenvalue weighted by molar-refractivity contribution is 7.90. The van der Waals surface area contributed by atoms with Gasteiger partial charge in [0.25, 0.3) is 0 Å². The van der Waals surface area contributed by atoms with Gasteiger partial charge in [-0.2, -0.15) is 13.2 Å². The molecule has 0 unspecified atom stereocenters. The summed E-state index contributed by atoms with van der Waals surface area (Å²) in [5.41, 5.74) is -5.30. The first-order valence-electron chi connectivity index (χ1n) is 5.47. The Hall–Kier alpha value is -1.33. The van der Waals surface area contributed by atoms with Gasteiger partial charge < -0.3 is 17.6 Å². The molecule has 0 atom stereocenters. The van der Waals surface area contributed by atoms with Crippen molar-refractivity contribution < 1.29 is 43.8 Å². The molecule has 0 radical (unpaired) electrons. The SMILES string of the molecule is C[n+]1ccn(CCCNS(=O)(=O)C(F)(F)F)c1/C=N/O.[Cl-]. The summed E-state index contributed by atoms with van der Waals surface area (Å²) in [5.74, 6) is 0.520. The summed E-state index contributed by atoms with van der Waals surface area (Å²) in [7, 11) is -3.60.